The van der Waals surface area contributed by atoms with Crippen LogP contribution in [0.15, 0.2) is 18.2 Å². The molecule has 1 aromatic rings. The number of rotatable bonds is 6. The highest BCUT2D eigenvalue weighted by Gasteiger charge is 2.24. The van der Waals surface area contributed by atoms with Gasteiger partial charge in [0.25, 0.3) is 0 Å². The maximum absolute atomic E-state index is 13.8. The van der Waals surface area contributed by atoms with Gasteiger partial charge in [0.2, 0.25) is 0 Å². The molecule has 106 valence electrons. The van der Waals surface area contributed by atoms with Crippen molar-refractivity contribution in [1.82, 2.24) is 10.2 Å². The maximum Gasteiger partial charge on any atom is 0.129 e. The Hall–Kier alpha value is -0.640. The molecule has 19 heavy (non-hydrogen) atoms. The van der Waals surface area contributed by atoms with E-state index in [1.165, 1.54) is 18.9 Å². The van der Waals surface area contributed by atoms with Crippen molar-refractivity contribution < 1.29 is 4.39 Å². The molecule has 0 spiro atoms. The maximum atomic E-state index is 13.8. The molecule has 1 saturated heterocycles. The summed E-state index contributed by atoms with van der Waals surface area (Å²) >= 11 is 5.78. The molecular weight excluding hydrogens is 263 g/mol. The second-order valence-electron chi connectivity index (χ2n) is 5.21. The van der Waals surface area contributed by atoms with E-state index in [0.29, 0.717) is 17.6 Å². The largest absolute Gasteiger partial charge is 0.315 e. The molecule has 2 nitrogen and oxygen atoms in total. The molecule has 2 rings (SSSR count). The van der Waals surface area contributed by atoms with Gasteiger partial charge in [-0.25, -0.2) is 4.39 Å². The van der Waals surface area contributed by atoms with E-state index in [1.807, 2.05) is 0 Å². The number of hydrogen-bond donors (Lipinski definition) is 1. The van der Waals surface area contributed by atoms with Crippen molar-refractivity contribution in [3.8, 4) is 0 Å². The minimum absolute atomic E-state index is 0.195. The fourth-order valence-electron chi connectivity index (χ4n) is 2.65. The van der Waals surface area contributed by atoms with Gasteiger partial charge in [-0.3, -0.25) is 4.90 Å². The Kier molecular flexibility index (Phi) is 5.61. The summed E-state index contributed by atoms with van der Waals surface area (Å²) in [5.41, 5.74) is 0.742. The summed E-state index contributed by atoms with van der Waals surface area (Å²) in [6.45, 7) is 5.97. The summed E-state index contributed by atoms with van der Waals surface area (Å²) in [4.78, 5) is 2.37. The Morgan fingerprint density at radius 3 is 3.05 bits per heavy atom. The van der Waals surface area contributed by atoms with Crippen LogP contribution >= 0.6 is 11.6 Å². The summed E-state index contributed by atoms with van der Waals surface area (Å²) in [6, 6.07) is 5.49. The molecular formula is C15H22ClFN2. The fourth-order valence-corrected chi connectivity index (χ4v) is 2.81. The third kappa shape index (κ3) is 4.16. The van der Waals surface area contributed by atoms with Gasteiger partial charge in [-0.15, -0.1) is 0 Å². The van der Waals surface area contributed by atoms with E-state index in [9.17, 15) is 4.39 Å². The van der Waals surface area contributed by atoms with Crippen LogP contribution in [0.3, 0.4) is 0 Å². The van der Waals surface area contributed by atoms with E-state index in [4.69, 9.17) is 11.6 Å². The molecule has 0 bridgehead atoms. The van der Waals surface area contributed by atoms with E-state index < -0.39 is 0 Å². The highest BCUT2D eigenvalue weighted by Crippen LogP contribution is 2.22. The van der Waals surface area contributed by atoms with Crippen molar-refractivity contribution in [1.29, 1.82) is 0 Å². The summed E-state index contributed by atoms with van der Waals surface area (Å²) in [5, 5.41) is 3.92. The first-order valence-electron chi connectivity index (χ1n) is 7.09. The molecule has 4 heteroatoms. The standard InChI is InChI=1S/C15H22ClFN2/c1-2-7-18-10-14-4-3-8-19(14)11-12-5-6-13(16)9-15(12)17/h5-6,9,14,18H,2-4,7-8,10-11H2,1H3. The minimum atomic E-state index is -0.195. The van der Waals surface area contributed by atoms with E-state index in [1.54, 1.807) is 12.1 Å². The fraction of sp³-hybridized carbons (Fsp3) is 0.600. The molecule has 1 aromatic carbocycles. The Morgan fingerprint density at radius 1 is 1.47 bits per heavy atom. The summed E-state index contributed by atoms with van der Waals surface area (Å²) in [5.74, 6) is -0.195. The summed E-state index contributed by atoms with van der Waals surface area (Å²) < 4.78 is 13.8. The van der Waals surface area contributed by atoms with E-state index in [0.717, 1.165) is 31.6 Å². The van der Waals surface area contributed by atoms with Gasteiger partial charge in [0, 0.05) is 29.7 Å². The van der Waals surface area contributed by atoms with Crippen LogP contribution in [0.2, 0.25) is 5.02 Å². The third-order valence-electron chi connectivity index (χ3n) is 3.69. The Labute approximate surface area is 119 Å². The summed E-state index contributed by atoms with van der Waals surface area (Å²) in [7, 11) is 0. The number of nitrogens with zero attached hydrogens (tertiary/aromatic N) is 1. The molecule has 1 atom stereocenters. The predicted octanol–water partition coefficient (Wildman–Crippen LogP) is 3.44. The zero-order valence-electron chi connectivity index (χ0n) is 11.5. The lowest BCUT2D eigenvalue weighted by Crippen LogP contribution is -2.37. The quantitative estimate of drug-likeness (QED) is 0.805. The normalized spacial score (nSPS) is 20.1. The van der Waals surface area contributed by atoms with Gasteiger partial charge in [-0.1, -0.05) is 24.6 Å². The molecule has 1 fully saturated rings. The first kappa shape index (κ1) is 14.8. The van der Waals surface area contributed by atoms with Gasteiger partial charge in [-0.05, 0) is 44.5 Å². The molecule has 1 unspecified atom stereocenters. The lowest BCUT2D eigenvalue weighted by molar-refractivity contribution is 0.236. The predicted molar refractivity (Wildman–Crippen MR) is 78.0 cm³/mol. The van der Waals surface area contributed by atoms with Gasteiger partial charge in [-0.2, -0.15) is 0 Å². The van der Waals surface area contributed by atoms with Crippen molar-refractivity contribution in [2.75, 3.05) is 19.6 Å². The SMILES string of the molecule is CCCNCC1CCCN1Cc1ccc(Cl)cc1F. The number of hydrogen-bond acceptors (Lipinski definition) is 2. The molecule has 0 aliphatic carbocycles. The zero-order valence-corrected chi connectivity index (χ0v) is 12.2. The molecule has 0 aromatic heterocycles. The number of likely N-dealkylation sites (tertiary alicyclic amines) is 1. The Balaban J connectivity index is 1.93. The number of nitrogens with one attached hydrogen (secondary N) is 1. The second kappa shape index (κ2) is 7.22. The van der Waals surface area contributed by atoms with Gasteiger partial charge in [0.15, 0.2) is 0 Å². The van der Waals surface area contributed by atoms with Crippen molar-refractivity contribution in [3.63, 3.8) is 0 Å². The van der Waals surface area contributed by atoms with Crippen molar-refractivity contribution in [3.05, 3.63) is 34.6 Å². The van der Waals surface area contributed by atoms with Crippen molar-refractivity contribution in [2.24, 2.45) is 0 Å². The van der Waals surface area contributed by atoms with E-state index in [2.05, 4.69) is 17.1 Å². The van der Waals surface area contributed by atoms with Crippen LogP contribution in [-0.4, -0.2) is 30.6 Å². The topological polar surface area (TPSA) is 15.3 Å². The van der Waals surface area contributed by atoms with Gasteiger partial charge in [0.1, 0.15) is 5.82 Å². The van der Waals surface area contributed by atoms with Crippen LogP contribution in [0, 0.1) is 5.82 Å². The van der Waals surface area contributed by atoms with Crippen LogP contribution in [0.25, 0.3) is 0 Å². The van der Waals surface area contributed by atoms with Crippen molar-refractivity contribution >= 4 is 11.6 Å². The molecule has 0 amide bonds. The lowest BCUT2D eigenvalue weighted by atomic mass is 10.1. The smallest absolute Gasteiger partial charge is 0.129 e. The third-order valence-corrected chi connectivity index (χ3v) is 3.93. The van der Waals surface area contributed by atoms with Crippen LogP contribution in [-0.2, 0) is 6.54 Å². The van der Waals surface area contributed by atoms with Crippen LogP contribution < -0.4 is 5.32 Å². The molecule has 0 radical (unpaired) electrons. The van der Waals surface area contributed by atoms with Crippen LogP contribution in [0.5, 0.6) is 0 Å². The van der Waals surface area contributed by atoms with Crippen molar-refractivity contribution in [2.45, 2.75) is 38.8 Å². The highest BCUT2D eigenvalue weighted by atomic mass is 35.5. The number of halogens is 2. The number of benzene rings is 1. The molecule has 1 aliphatic rings. The van der Waals surface area contributed by atoms with Gasteiger partial charge < -0.3 is 5.32 Å². The summed E-state index contributed by atoms with van der Waals surface area (Å²) in [6.07, 6.45) is 3.55. The monoisotopic (exact) mass is 284 g/mol. The average molecular weight is 285 g/mol. The molecule has 1 heterocycles. The Bertz CT molecular complexity index is 411. The first-order chi connectivity index (χ1) is 9.20. The zero-order chi connectivity index (χ0) is 13.7. The lowest BCUT2D eigenvalue weighted by Gasteiger charge is -2.25. The van der Waals surface area contributed by atoms with E-state index >= 15 is 0 Å². The molecule has 1 aliphatic heterocycles. The second-order valence-corrected chi connectivity index (χ2v) is 5.64. The minimum Gasteiger partial charge on any atom is -0.315 e. The molecule has 0 saturated carbocycles. The first-order valence-corrected chi connectivity index (χ1v) is 7.47. The average Bonchev–Trinajstić information content (AvgIpc) is 2.81. The molecule has 1 N–H and O–H groups in total. The van der Waals surface area contributed by atoms with Crippen LogP contribution in [0.4, 0.5) is 4.39 Å². The highest BCUT2D eigenvalue weighted by molar-refractivity contribution is 6.30. The van der Waals surface area contributed by atoms with Crippen LogP contribution in [0.1, 0.15) is 31.7 Å². The van der Waals surface area contributed by atoms with Gasteiger partial charge >= 0.3 is 0 Å². The van der Waals surface area contributed by atoms with E-state index in [-0.39, 0.29) is 5.82 Å². The Morgan fingerprint density at radius 2 is 2.32 bits per heavy atom. The van der Waals surface area contributed by atoms with Gasteiger partial charge in [0.05, 0.1) is 0 Å².